The number of hydrogen-bond acceptors (Lipinski definition) is 4. The third-order valence-corrected chi connectivity index (χ3v) is 5.40. The van der Waals surface area contributed by atoms with Crippen LogP contribution in [-0.4, -0.2) is 42.5 Å². The Morgan fingerprint density at radius 1 is 1.17 bits per heavy atom. The van der Waals surface area contributed by atoms with Crippen LogP contribution in [0.2, 0.25) is 0 Å². The topological polar surface area (TPSA) is 46.6 Å². The first-order valence-corrected chi connectivity index (χ1v) is 8.61. The third kappa shape index (κ3) is 2.93. The van der Waals surface area contributed by atoms with Gasteiger partial charge in [-0.3, -0.25) is 9.59 Å². The number of nitrogens with zero attached hydrogens (tertiary/aromatic N) is 1. The van der Waals surface area contributed by atoms with Crippen molar-refractivity contribution in [1.29, 1.82) is 0 Å². The molecule has 3 aliphatic rings. The molecule has 0 N–H and O–H groups in total. The van der Waals surface area contributed by atoms with Crippen molar-refractivity contribution in [3.05, 3.63) is 11.3 Å². The van der Waals surface area contributed by atoms with Gasteiger partial charge >= 0.3 is 12.1 Å². The number of ketones is 1. The van der Waals surface area contributed by atoms with Gasteiger partial charge in [-0.15, -0.1) is 0 Å². The Balaban J connectivity index is 1.83. The summed E-state index contributed by atoms with van der Waals surface area (Å²) in [6.07, 6.45) is -1.10. The van der Waals surface area contributed by atoms with Crippen molar-refractivity contribution in [2.45, 2.75) is 45.2 Å². The number of allylic oxidation sites excluding steroid dienone is 2. The number of rotatable bonds is 4. The van der Waals surface area contributed by atoms with E-state index in [1.165, 1.54) is 0 Å². The van der Waals surface area contributed by atoms with E-state index < -0.39 is 12.0 Å². The molecule has 4 nitrogen and oxygen atoms in total. The molecule has 3 atom stereocenters. The fourth-order valence-electron chi connectivity index (χ4n) is 4.42. The molecule has 0 aromatic rings. The van der Waals surface area contributed by atoms with E-state index in [1.807, 2.05) is 4.90 Å². The van der Waals surface area contributed by atoms with Crippen LogP contribution in [0.1, 0.15) is 39.0 Å². The minimum atomic E-state index is -4.83. The Labute approximate surface area is 139 Å². The van der Waals surface area contributed by atoms with Crippen LogP contribution in [0.25, 0.3) is 0 Å². The Kier molecular flexibility index (Phi) is 4.62. The maximum Gasteiger partial charge on any atom is 0.454 e. The summed E-state index contributed by atoms with van der Waals surface area (Å²) >= 11 is 0. The Hall–Kier alpha value is -1.53. The SMILES string of the molecule is CCOC(=O)C1CCCN(C2=C(C(=O)C(F)(F)F)C3CCCC23)C1. The lowest BCUT2D eigenvalue weighted by molar-refractivity contribution is -0.168. The zero-order valence-electron chi connectivity index (χ0n) is 13.7. The van der Waals surface area contributed by atoms with E-state index in [1.54, 1.807) is 6.92 Å². The van der Waals surface area contributed by atoms with Crippen LogP contribution in [-0.2, 0) is 14.3 Å². The molecule has 1 saturated carbocycles. The summed E-state index contributed by atoms with van der Waals surface area (Å²) in [5.74, 6) is -2.52. The summed E-state index contributed by atoms with van der Waals surface area (Å²) in [4.78, 5) is 25.7. The number of esters is 1. The van der Waals surface area contributed by atoms with Crippen molar-refractivity contribution in [1.82, 2.24) is 4.90 Å². The number of Topliss-reactive ketones (excluding diaryl/α,β-unsaturated/α-hetero) is 1. The molecule has 0 bridgehead atoms. The Bertz CT molecular complexity index is 570. The molecule has 1 heterocycles. The van der Waals surface area contributed by atoms with Gasteiger partial charge in [-0.25, -0.2) is 0 Å². The molecule has 3 unspecified atom stereocenters. The Morgan fingerprint density at radius 2 is 1.88 bits per heavy atom. The molecular weight excluding hydrogens is 323 g/mol. The van der Waals surface area contributed by atoms with Crippen LogP contribution >= 0.6 is 0 Å². The minimum absolute atomic E-state index is 0.0468. The molecule has 2 fully saturated rings. The van der Waals surface area contributed by atoms with Crippen LogP contribution in [0.5, 0.6) is 0 Å². The molecule has 134 valence electrons. The van der Waals surface area contributed by atoms with Gasteiger partial charge in [0.2, 0.25) is 0 Å². The van der Waals surface area contributed by atoms with Gasteiger partial charge < -0.3 is 9.64 Å². The van der Waals surface area contributed by atoms with Crippen molar-refractivity contribution in [3.8, 4) is 0 Å². The third-order valence-electron chi connectivity index (χ3n) is 5.40. The van der Waals surface area contributed by atoms with E-state index in [2.05, 4.69) is 0 Å². The van der Waals surface area contributed by atoms with Crippen LogP contribution in [0.15, 0.2) is 11.3 Å². The zero-order chi connectivity index (χ0) is 17.5. The normalized spacial score (nSPS) is 30.0. The molecule has 0 aromatic heterocycles. The van der Waals surface area contributed by atoms with Crippen LogP contribution in [0.3, 0.4) is 0 Å². The number of halogens is 3. The van der Waals surface area contributed by atoms with Crippen molar-refractivity contribution in [3.63, 3.8) is 0 Å². The van der Waals surface area contributed by atoms with Gasteiger partial charge in [0.25, 0.3) is 5.78 Å². The highest BCUT2D eigenvalue weighted by Crippen LogP contribution is 2.54. The van der Waals surface area contributed by atoms with E-state index in [0.29, 0.717) is 38.2 Å². The molecule has 3 rings (SSSR count). The van der Waals surface area contributed by atoms with Crippen molar-refractivity contribution >= 4 is 11.8 Å². The highest BCUT2D eigenvalue weighted by atomic mass is 19.4. The monoisotopic (exact) mass is 345 g/mol. The van der Waals surface area contributed by atoms with Gasteiger partial charge in [-0.1, -0.05) is 6.42 Å². The summed E-state index contributed by atoms with van der Waals surface area (Å²) in [5, 5.41) is 0. The molecule has 1 saturated heterocycles. The maximum atomic E-state index is 12.9. The number of carbonyl (C=O) groups excluding carboxylic acids is 2. The van der Waals surface area contributed by atoms with Gasteiger partial charge in [0.05, 0.1) is 12.5 Å². The average Bonchev–Trinajstić information content (AvgIpc) is 2.90. The minimum Gasteiger partial charge on any atom is -0.466 e. The van der Waals surface area contributed by atoms with Gasteiger partial charge in [0, 0.05) is 30.3 Å². The highest BCUT2D eigenvalue weighted by Gasteiger charge is 2.54. The van der Waals surface area contributed by atoms with Gasteiger partial charge in [-0.2, -0.15) is 13.2 Å². The van der Waals surface area contributed by atoms with Crippen LogP contribution in [0.4, 0.5) is 13.2 Å². The lowest BCUT2D eigenvalue weighted by Crippen LogP contribution is -2.48. The second-order valence-electron chi connectivity index (χ2n) is 6.81. The smallest absolute Gasteiger partial charge is 0.454 e. The first-order valence-electron chi connectivity index (χ1n) is 8.61. The van der Waals surface area contributed by atoms with E-state index in [4.69, 9.17) is 4.74 Å². The first-order chi connectivity index (χ1) is 11.3. The van der Waals surface area contributed by atoms with E-state index in [9.17, 15) is 22.8 Å². The fraction of sp³-hybridized carbons (Fsp3) is 0.765. The van der Waals surface area contributed by atoms with E-state index in [0.717, 1.165) is 19.3 Å². The van der Waals surface area contributed by atoms with Crippen molar-refractivity contribution in [2.75, 3.05) is 19.7 Å². The lowest BCUT2D eigenvalue weighted by atomic mass is 9.70. The molecular formula is C17H22F3NO3. The highest BCUT2D eigenvalue weighted by molar-refractivity contribution is 6.02. The number of hydrogen-bond donors (Lipinski definition) is 0. The van der Waals surface area contributed by atoms with Crippen molar-refractivity contribution < 1.29 is 27.5 Å². The summed E-state index contributed by atoms with van der Waals surface area (Å²) in [6.45, 7) is 2.98. The average molecular weight is 345 g/mol. The molecule has 0 spiro atoms. The van der Waals surface area contributed by atoms with E-state index >= 15 is 0 Å². The number of likely N-dealkylation sites (tertiary alicyclic amines) is 1. The molecule has 0 amide bonds. The molecule has 1 aliphatic heterocycles. The predicted molar refractivity (Wildman–Crippen MR) is 79.8 cm³/mol. The number of piperidine rings is 1. The van der Waals surface area contributed by atoms with Crippen LogP contribution in [0, 0.1) is 17.8 Å². The largest absolute Gasteiger partial charge is 0.466 e. The van der Waals surface area contributed by atoms with Crippen LogP contribution < -0.4 is 0 Å². The predicted octanol–water partition coefficient (Wildman–Crippen LogP) is 3.08. The fourth-order valence-corrected chi connectivity index (χ4v) is 4.42. The molecule has 24 heavy (non-hydrogen) atoms. The van der Waals surface area contributed by atoms with Gasteiger partial charge in [0.1, 0.15) is 0 Å². The van der Waals surface area contributed by atoms with Gasteiger partial charge in [0.15, 0.2) is 0 Å². The zero-order valence-corrected chi connectivity index (χ0v) is 13.7. The Morgan fingerprint density at radius 3 is 2.54 bits per heavy atom. The van der Waals surface area contributed by atoms with E-state index in [-0.39, 0.29) is 29.3 Å². The quantitative estimate of drug-likeness (QED) is 0.735. The van der Waals surface area contributed by atoms with Crippen molar-refractivity contribution in [2.24, 2.45) is 17.8 Å². The lowest BCUT2D eigenvalue weighted by Gasteiger charge is -2.46. The molecule has 0 aromatic carbocycles. The maximum absolute atomic E-state index is 12.9. The summed E-state index contributed by atoms with van der Waals surface area (Å²) < 4.78 is 43.9. The molecule has 2 aliphatic carbocycles. The molecule has 0 radical (unpaired) electrons. The number of carbonyl (C=O) groups is 2. The number of alkyl halides is 3. The molecule has 7 heteroatoms. The van der Waals surface area contributed by atoms with Gasteiger partial charge in [-0.05, 0) is 38.5 Å². The summed E-state index contributed by atoms with van der Waals surface area (Å²) in [7, 11) is 0. The first kappa shape index (κ1) is 17.3. The number of fused-ring (bicyclic) bond motifs is 1. The number of ether oxygens (including phenoxy) is 1. The second-order valence-corrected chi connectivity index (χ2v) is 6.81. The summed E-state index contributed by atoms with van der Waals surface area (Å²) in [6, 6.07) is 0. The second kappa shape index (κ2) is 6.41. The standard InChI is InChI=1S/C17H22F3NO3/c1-2-24-16(23)10-5-4-8-21(9-10)14-12-7-3-6-11(12)13(14)15(22)17(18,19)20/h10-12H,2-9H2,1H3. The summed E-state index contributed by atoms with van der Waals surface area (Å²) in [5.41, 5.74) is 0.503.